The fraction of sp³-hybridized carbons (Fsp3) is 0.176. The number of aromatic amines is 1. The summed E-state index contributed by atoms with van der Waals surface area (Å²) in [5.74, 6) is 2.50. The van der Waals surface area contributed by atoms with Crippen molar-refractivity contribution in [1.29, 1.82) is 0 Å². The molecule has 1 heterocycles. The molecule has 0 saturated heterocycles. The first-order valence-corrected chi connectivity index (χ1v) is 8.36. The van der Waals surface area contributed by atoms with E-state index in [1.54, 1.807) is 14.2 Å². The number of nitrogens with zero attached hydrogens (tertiary/aromatic N) is 2. The Hall–Kier alpha value is -2.13. The molecule has 0 amide bonds. The number of ether oxygens (including phenoxy) is 2. The summed E-state index contributed by atoms with van der Waals surface area (Å²) >= 11 is 2.26. The van der Waals surface area contributed by atoms with Gasteiger partial charge in [-0.15, -0.1) is 0 Å². The molecule has 0 spiro atoms. The standard InChI is InChI=1S/C17H17IN4O2/c1-23-13-8-5-11(9-14(13)24-2)15(19)17-20-16(21-22-17)10-3-6-12(18)7-4-10/h3-9,15H,19H2,1-2H3,(H,20,21,22)/t15-/m0/s1. The van der Waals surface area contributed by atoms with E-state index in [9.17, 15) is 0 Å². The van der Waals surface area contributed by atoms with Gasteiger partial charge in [0, 0.05) is 9.13 Å². The zero-order valence-electron chi connectivity index (χ0n) is 13.3. The van der Waals surface area contributed by atoms with Gasteiger partial charge in [-0.1, -0.05) is 18.2 Å². The SMILES string of the molecule is COc1ccc([C@H](N)c2nc(-c3ccc(I)cc3)n[nH]2)cc1OC. The number of nitrogens with one attached hydrogen (secondary N) is 1. The van der Waals surface area contributed by atoms with E-state index in [1.807, 2.05) is 42.5 Å². The Balaban J connectivity index is 1.88. The van der Waals surface area contributed by atoms with Crippen LogP contribution in [0.4, 0.5) is 0 Å². The van der Waals surface area contributed by atoms with Gasteiger partial charge >= 0.3 is 0 Å². The molecule has 2 aromatic carbocycles. The monoisotopic (exact) mass is 436 g/mol. The molecule has 3 rings (SSSR count). The van der Waals surface area contributed by atoms with Crippen LogP contribution in [-0.2, 0) is 0 Å². The number of hydrogen-bond donors (Lipinski definition) is 2. The lowest BCUT2D eigenvalue weighted by molar-refractivity contribution is 0.354. The molecule has 1 atom stereocenters. The van der Waals surface area contributed by atoms with Gasteiger partial charge in [-0.05, 0) is 52.4 Å². The molecular formula is C17H17IN4O2. The summed E-state index contributed by atoms with van der Waals surface area (Å²) in [6.07, 6.45) is 0. The summed E-state index contributed by atoms with van der Waals surface area (Å²) in [7, 11) is 3.19. The number of aromatic nitrogens is 3. The Morgan fingerprint density at radius 2 is 1.75 bits per heavy atom. The second-order valence-electron chi connectivity index (χ2n) is 5.14. The number of rotatable bonds is 5. The fourth-order valence-electron chi connectivity index (χ4n) is 2.35. The minimum atomic E-state index is -0.435. The Morgan fingerprint density at radius 3 is 2.42 bits per heavy atom. The van der Waals surface area contributed by atoms with Crippen LogP contribution in [0.3, 0.4) is 0 Å². The van der Waals surface area contributed by atoms with Crippen LogP contribution in [0.25, 0.3) is 11.4 Å². The Morgan fingerprint density at radius 1 is 1.04 bits per heavy atom. The van der Waals surface area contributed by atoms with Crippen LogP contribution in [-0.4, -0.2) is 29.4 Å². The van der Waals surface area contributed by atoms with E-state index in [2.05, 4.69) is 37.8 Å². The molecule has 6 nitrogen and oxygen atoms in total. The van der Waals surface area contributed by atoms with Crippen molar-refractivity contribution < 1.29 is 9.47 Å². The second kappa shape index (κ2) is 7.18. The average Bonchev–Trinajstić information content (AvgIpc) is 3.11. The molecule has 24 heavy (non-hydrogen) atoms. The number of H-pyrrole nitrogens is 1. The van der Waals surface area contributed by atoms with Crippen LogP contribution in [0.15, 0.2) is 42.5 Å². The Bertz CT molecular complexity index is 833. The molecule has 0 aliphatic heterocycles. The molecule has 124 valence electrons. The van der Waals surface area contributed by atoms with Gasteiger partial charge in [-0.3, -0.25) is 5.10 Å². The van der Waals surface area contributed by atoms with Crippen molar-refractivity contribution >= 4 is 22.6 Å². The number of hydrogen-bond acceptors (Lipinski definition) is 5. The van der Waals surface area contributed by atoms with Crippen LogP contribution in [0, 0.1) is 3.57 Å². The van der Waals surface area contributed by atoms with Crippen molar-refractivity contribution in [2.45, 2.75) is 6.04 Å². The zero-order chi connectivity index (χ0) is 17.1. The van der Waals surface area contributed by atoms with Gasteiger partial charge in [0.25, 0.3) is 0 Å². The van der Waals surface area contributed by atoms with Crippen molar-refractivity contribution in [1.82, 2.24) is 15.2 Å². The van der Waals surface area contributed by atoms with Gasteiger partial charge in [0.1, 0.15) is 5.82 Å². The molecule has 1 aromatic heterocycles. The first-order valence-electron chi connectivity index (χ1n) is 7.28. The topological polar surface area (TPSA) is 86.0 Å². The summed E-state index contributed by atoms with van der Waals surface area (Å²) in [5, 5.41) is 7.19. The summed E-state index contributed by atoms with van der Waals surface area (Å²) in [5.41, 5.74) is 8.12. The molecule has 0 fully saturated rings. The van der Waals surface area contributed by atoms with E-state index in [0.717, 1.165) is 14.7 Å². The minimum Gasteiger partial charge on any atom is -0.493 e. The average molecular weight is 436 g/mol. The third-order valence-corrected chi connectivity index (χ3v) is 4.39. The van der Waals surface area contributed by atoms with Crippen molar-refractivity contribution in [2.75, 3.05) is 14.2 Å². The Labute approximate surface area is 153 Å². The van der Waals surface area contributed by atoms with Crippen LogP contribution in [0.5, 0.6) is 11.5 Å². The number of benzene rings is 2. The normalized spacial score (nSPS) is 12.0. The molecule has 0 aliphatic carbocycles. The van der Waals surface area contributed by atoms with Crippen LogP contribution < -0.4 is 15.2 Å². The summed E-state index contributed by atoms with van der Waals surface area (Å²) < 4.78 is 11.7. The number of nitrogens with two attached hydrogens (primary N) is 1. The van der Waals surface area contributed by atoms with Gasteiger partial charge in [-0.25, -0.2) is 4.98 Å². The molecule has 0 saturated carbocycles. The van der Waals surface area contributed by atoms with Crippen LogP contribution in [0.1, 0.15) is 17.4 Å². The van der Waals surface area contributed by atoms with Crippen molar-refractivity contribution in [2.24, 2.45) is 5.73 Å². The molecule has 0 radical (unpaired) electrons. The molecule has 7 heteroatoms. The molecule has 3 aromatic rings. The van der Waals surface area contributed by atoms with Gasteiger partial charge in [0.2, 0.25) is 0 Å². The number of methoxy groups -OCH3 is 2. The summed E-state index contributed by atoms with van der Waals surface area (Å²) in [4.78, 5) is 4.52. The van der Waals surface area contributed by atoms with E-state index in [-0.39, 0.29) is 0 Å². The molecule has 0 bridgehead atoms. The highest BCUT2D eigenvalue weighted by molar-refractivity contribution is 14.1. The van der Waals surface area contributed by atoms with Gasteiger partial charge in [0.05, 0.1) is 20.3 Å². The molecule has 0 aliphatic rings. The first kappa shape index (κ1) is 16.7. The van der Waals surface area contributed by atoms with Gasteiger partial charge in [-0.2, -0.15) is 5.10 Å². The quantitative estimate of drug-likeness (QED) is 0.601. The third-order valence-electron chi connectivity index (χ3n) is 3.67. The van der Waals surface area contributed by atoms with E-state index in [0.29, 0.717) is 23.1 Å². The van der Waals surface area contributed by atoms with Crippen LogP contribution >= 0.6 is 22.6 Å². The third kappa shape index (κ3) is 3.36. The highest BCUT2D eigenvalue weighted by Gasteiger charge is 2.17. The lowest BCUT2D eigenvalue weighted by Gasteiger charge is -2.13. The predicted molar refractivity (Wildman–Crippen MR) is 100 cm³/mol. The highest BCUT2D eigenvalue weighted by atomic mass is 127. The maximum absolute atomic E-state index is 6.32. The van der Waals surface area contributed by atoms with E-state index >= 15 is 0 Å². The highest BCUT2D eigenvalue weighted by Crippen LogP contribution is 2.31. The van der Waals surface area contributed by atoms with Crippen molar-refractivity contribution in [3.8, 4) is 22.9 Å². The summed E-state index contributed by atoms with van der Waals surface area (Å²) in [6.45, 7) is 0. The summed E-state index contributed by atoms with van der Waals surface area (Å²) in [6, 6.07) is 13.1. The fourth-order valence-corrected chi connectivity index (χ4v) is 2.71. The molecular weight excluding hydrogens is 419 g/mol. The number of halogens is 1. The first-order chi connectivity index (χ1) is 11.6. The smallest absolute Gasteiger partial charge is 0.181 e. The van der Waals surface area contributed by atoms with Gasteiger partial charge < -0.3 is 15.2 Å². The zero-order valence-corrected chi connectivity index (χ0v) is 15.4. The van der Waals surface area contributed by atoms with Crippen molar-refractivity contribution in [3.05, 3.63) is 57.4 Å². The van der Waals surface area contributed by atoms with E-state index in [4.69, 9.17) is 15.2 Å². The molecule has 0 unspecified atom stereocenters. The largest absolute Gasteiger partial charge is 0.493 e. The maximum Gasteiger partial charge on any atom is 0.181 e. The lowest BCUT2D eigenvalue weighted by atomic mass is 10.1. The minimum absolute atomic E-state index is 0.435. The lowest BCUT2D eigenvalue weighted by Crippen LogP contribution is -2.14. The van der Waals surface area contributed by atoms with Crippen LogP contribution in [0.2, 0.25) is 0 Å². The maximum atomic E-state index is 6.32. The van der Waals surface area contributed by atoms with E-state index in [1.165, 1.54) is 0 Å². The predicted octanol–water partition coefficient (Wildman–Crippen LogP) is 3.14. The van der Waals surface area contributed by atoms with E-state index < -0.39 is 6.04 Å². The molecule has 3 N–H and O–H groups in total. The Kier molecular flexibility index (Phi) is 5.00. The van der Waals surface area contributed by atoms with Gasteiger partial charge in [0.15, 0.2) is 17.3 Å². The second-order valence-corrected chi connectivity index (χ2v) is 6.39. The van der Waals surface area contributed by atoms with Crippen molar-refractivity contribution in [3.63, 3.8) is 0 Å².